The van der Waals surface area contributed by atoms with Crippen molar-refractivity contribution in [1.29, 1.82) is 0 Å². The zero-order chi connectivity index (χ0) is 20.0. The number of nitrogens with zero attached hydrogens (tertiary/aromatic N) is 4. The Morgan fingerprint density at radius 3 is 2.83 bits per heavy atom. The van der Waals surface area contributed by atoms with E-state index in [1.807, 2.05) is 54.2 Å². The normalized spacial score (nSPS) is 15.9. The van der Waals surface area contributed by atoms with Crippen molar-refractivity contribution in [3.05, 3.63) is 65.0 Å². The van der Waals surface area contributed by atoms with E-state index in [-0.39, 0.29) is 5.63 Å². The summed E-state index contributed by atoms with van der Waals surface area (Å²) in [6.45, 7) is 6.10. The lowest BCUT2D eigenvalue weighted by Gasteiger charge is -2.22. The van der Waals surface area contributed by atoms with Gasteiger partial charge in [0.15, 0.2) is 0 Å². The van der Waals surface area contributed by atoms with Crippen LogP contribution in [-0.2, 0) is 0 Å². The molecule has 148 valence electrons. The highest BCUT2D eigenvalue weighted by atomic mass is 16.4. The lowest BCUT2D eigenvalue weighted by atomic mass is 10.1. The Hall–Kier alpha value is -3.12. The Balaban J connectivity index is 1.53. The van der Waals surface area contributed by atoms with Gasteiger partial charge in [0.05, 0.1) is 23.0 Å². The molecule has 1 saturated heterocycles. The number of aromatic nitrogens is 2. The summed E-state index contributed by atoms with van der Waals surface area (Å²) >= 11 is 0. The topological polar surface area (TPSA) is 54.0 Å². The standard InChI is InChI=1S/C23H24N4O2/c1-16-14-27-15-18(10-20(27)13-24-16)21-11-17-4-5-19(12-22(17)29-23(21)28)26-7-3-6-25(2)8-9-26/h4-5,10-15H,3,6-9H2,1-2H3. The SMILES string of the molecule is Cc1cn2cc(-c3cc4ccc(N5CCCN(C)CC5)cc4oc3=O)cc2cn1. The first kappa shape index (κ1) is 17.9. The fourth-order valence-electron chi connectivity index (χ4n) is 4.06. The van der Waals surface area contributed by atoms with Crippen LogP contribution in [0.2, 0.25) is 0 Å². The Kier molecular flexibility index (Phi) is 4.36. The van der Waals surface area contributed by atoms with Gasteiger partial charge in [-0.25, -0.2) is 4.79 Å². The molecule has 0 aliphatic carbocycles. The molecule has 4 heterocycles. The summed E-state index contributed by atoms with van der Waals surface area (Å²) in [5, 5.41) is 0.930. The molecule has 0 bridgehead atoms. The molecule has 5 rings (SSSR count). The van der Waals surface area contributed by atoms with Gasteiger partial charge in [0, 0.05) is 54.7 Å². The molecule has 29 heavy (non-hydrogen) atoms. The minimum atomic E-state index is -0.314. The van der Waals surface area contributed by atoms with E-state index in [2.05, 4.69) is 27.9 Å². The van der Waals surface area contributed by atoms with Gasteiger partial charge >= 0.3 is 5.63 Å². The van der Waals surface area contributed by atoms with Crippen LogP contribution < -0.4 is 10.5 Å². The van der Waals surface area contributed by atoms with Crippen LogP contribution in [0.15, 0.2) is 58.1 Å². The Bertz CT molecular complexity index is 1260. The molecule has 6 nitrogen and oxygen atoms in total. The Morgan fingerprint density at radius 1 is 1.03 bits per heavy atom. The van der Waals surface area contributed by atoms with Gasteiger partial charge in [0.25, 0.3) is 0 Å². The van der Waals surface area contributed by atoms with Crippen molar-refractivity contribution in [1.82, 2.24) is 14.3 Å². The van der Waals surface area contributed by atoms with Gasteiger partial charge in [-0.2, -0.15) is 0 Å². The molecule has 6 heteroatoms. The summed E-state index contributed by atoms with van der Waals surface area (Å²) in [6.07, 6.45) is 6.84. The fraction of sp³-hybridized carbons (Fsp3) is 0.304. The van der Waals surface area contributed by atoms with Crippen molar-refractivity contribution in [2.45, 2.75) is 13.3 Å². The first-order valence-electron chi connectivity index (χ1n) is 10.0. The Labute approximate surface area is 169 Å². The first-order chi connectivity index (χ1) is 14.1. The molecular formula is C23H24N4O2. The monoisotopic (exact) mass is 388 g/mol. The molecule has 4 aromatic rings. The molecule has 0 saturated carbocycles. The molecule has 0 radical (unpaired) electrons. The third-order valence-electron chi connectivity index (χ3n) is 5.72. The number of aryl methyl sites for hydroxylation is 1. The maximum Gasteiger partial charge on any atom is 0.344 e. The molecule has 3 aromatic heterocycles. The van der Waals surface area contributed by atoms with Crippen molar-refractivity contribution in [2.75, 3.05) is 38.1 Å². The second kappa shape index (κ2) is 7.04. The summed E-state index contributed by atoms with van der Waals surface area (Å²) in [5.74, 6) is 0. The second-order valence-corrected chi connectivity index (χ2v) is 7.90. The third-order valence-corrected chi connectivity index (χ3v) is 5.72. The molecule has 0 atom stereocenters. The molecule has 0 N–H and O–H groups in total. The highest BCUT2D eigenvalue weighted by molar-refractivity contribution is 5.85. The van der Waals surface area contributed by atoms with Crippen LogP contribution in [0.25, 0.3) is 27.6 Å². The molecule has 0 unspecified atom stereocenters. The smallest absolute Gasteiger partial charge is 0.344 e. The maximum atomic E-state index is 12.8. The fourth-order valence-corrected chi connectivity index (χ4v) is 4.06. The van der Waals surface area contributed by atoms with Crippen LogP contribution in [0.4, 0.5) is 5.69 Å². The van der Waals surface area contributed by atoms with Gasteiger partial charge < -0.3 is 18.6 Å². The number of hydrogen-bond donors (Lipinski definition) is 0. The van der Waals surface area contributed by atoms with E-state index >= 15 is 0 Å². The predicted octanol–water partition coefficient (Wildman–Crippen LogP) is 3.56. The number of hydrogen-bond acceptors (Lipinski definition) is 5. The van der Waals surface area contributed by atoms with Crippen LogP contribution in [0, 0.1) is 6.92 Å². The van der Waals surface area contributed by atoms with Gasteiger partial charge in [-0.1, -0.05) is 0 Å². The van der Waals surface area contributed by atoms with Crippen LogP contribution in [0.5, 0.6) is 0 Å². The average Bonchev–Trinajstić information content (AvgIpc) is 2.99. The molecule has 0 spiro atoms. The van der Waals surface area contributed by atoms with Gasteiger partial charge in [0.2, 0.25) is 0 Å². The number of likely N-dealkylation sites (N-methyl/N-ethyl adjacent to an activating group) is 1. The Morgan fingerprint density at radius 2 is 1.93 bits per heavy atom. The second-order valence-electron chi connectivity index (χ2n) is 7.90. The van der Waals surface area contributed by atoms with Crippen molar-refractivity contribution >= 4 is 22.2 Å². The molecular weight excluding hydrogens is 364 g/mol. The minimum Gasteiger partial charge on any atom is -0.422 e. The van der Waals surface area contributed by atoms with Crippen molar-refractivity contribution in [3.63, 3.8) is 0 Å². The van der Waals surface area contributed by atoms with Gasteiger partial charge in [0.1, 0.15) is 5.58 Å². The maximum absolute atomic E-state index is 12.8. The molecule has 1 fully saturated rings. The van der Waals surface area contributed by atoms with E-state index in [0.29, 0.717) is 11.1 Å². The van der Waals surface area contributed by atoms with Crippen LogP contribution in [-0.4, -0.2) is 47.5 Å². The summed E-state index contributed by atoms with van der Waals surface area (Å²) < 4.78 is 7.72. The molecule has 1 aromatic carbocycles. The van der Waals surface area contributed by atoms with E-state index in [9.17, 15) is 4.79 Å². The van der Waals surface area contributed by atoms with E-state index in [1.165, 1.54) is 0 Å². The first-order valence-corrected chi connectivity index (χ1v) is 10.0. The molecule has 1 aliphatic rings. The zero-order valence-electron chi connectivity index (χ0n) is 16.8. The lowest BCUT2D eigenvalue weighted by Crippen LogP contribution is -2.28. The number of benzene rings is 1. The largest absolute Gasteiger partial charge is 0.422 e. The zero-order valence-corrected chi connectivity index (χ0v) is 16.8. The summed E-state index contributed by atoms with van der Waals surface area (Å²) in [5.41, 5.74) is 4.72. The van der Waals surface area contributed by atoms with Crippen LogP contribution >= 0.6 is 0 Å². The van der Waals surface area contributed by atoms with Crippen molar-refractivity contribution in [2.24, 2.45) is 0 Å². The van der Waals surface area contributed by atoms with E-state index in [4.69, 9.17) is 4.42 Å². The van der Waals surface area contributed by atoms with E-state index in [1.54, 1.807) is 0 Å². The average molecular weight is 388 g/mol. The summed E-state index contributed by atoms with van der Waals surface area (Å²) in [4.78, 5) is 21.8. The summed E-state index contributed by atoms with van der Waals surface area (Å²) in [6, 6.07) is 10.1. The van der Waals surface area contributed by atoms with Gasteiger partial charge in [-0.05, 0) is 51.2 Å². The van der Waals surface area contributed by atoms with E-state index in [0.717, 1.165) is 60.4 Å². The summed E-state index contributed by atoms with van der Waals surface area (Å²) in [7, 11) is 2.16. The minimum absolute atomic E-state index is 0.314. The van der Waals surface area contributed by atoms with Gasteiger partial charge in [-0.15, -0.1) is 0 Å². The van der Waals surface area contributed by atoms with Crippen LogP contribution in [0.3, 0.4) is 0 Å². The number of fused-ring (bicyclic) bond motifs is 2. The quantitative estimate of drug-likeness (QED) is 0.492. The molecule has 0 amide bonds. The highest BCUT2D eigenvalue weighted by Crippen LogP contribution is 2.27. The lowest BCUT2D eigenvalue weighted by molar-refractivity contribution is 0.360. The van der Waals surface area contributed by atoms with Gasteiger partial charge in [-0.3, -0.25) is 4.98 Å². The highest BCUT2D eigenvalue weighted by Gasteiger charge is 2.15. The number of anilines is 1. The van der Waals surface area contributed by atoms with Crippen LogP contribution in [0.1, 0.15) is 12.1 Å². The molecule has 1 aliphatic heterocycles. The number of rotatable bonds is 2. The van der Waals surface area contributed by atoms with Crippen molar-refractivity contribution in [3.8, 4) is 11.1 Å². The van der Waals surface area contributed by atoms with E-state index < -0.39 is 0 Å². The van der Waals surface area contributed by atoms with Crippen molar-refractivity contribution < 1.29 is 4.42 Å². The predicted molar refractivity (Wildman–Crippen MR) is 116 cm³/mol. The third kappa shape index (κ3) is 3.40.